The molecule has 1 atom stereocenters. The molecule has 1 amide bonds. The van der Waals surface area contributed by atoms with Crippen molar-refractivity contribution in [1.82, 2.24) is 5.32 Å². The number of rotatable bonds is 3. The predicted molar refractivity (Wildman–Crippen MR) is 81.4 cm³/mol. The van der Waals surface area contributed by atoms with E-state index < -0.39 is 17.4 Å². The van der Waals surface area contributed by atoms with E-state index in [2.05, 4.69) is 5.32 Å². The fourth-order valence-electron chi connectivity index (χ4n) is 2.74. The van der Waals surface area contributed by atoms with Crippen molar-refractivity contribution in [2.24, 2.45) is 5.41 Å². The summed E-state index contributed by atoms with van der Waals surface area (Å²) in [7, 11) is 0. The second-order valence-corrected chi connectivity index (χ2v) is 6.80. The van der Waals surface area contributed by atoms with Crippen molar-refractivity contribution >= 4 is 11.9 Å². The lowest BCUT2D eigenvalue weighted by molar-refractivity contribution is -0.142. The van der Waals surface area contributed by atoms with Crippen LogP contribution in [-0.2, 0) is 17.6 Å². The van der Waals surface area contributed by atoms with Gasteiger partial charge in [0.1, 0.15) is 6.04 Å². The molecular formula is C17H23NO3. The smallest absolute Gasteiger partial charge is 0.326 e. The van der Waals surface area contributed by atoms with Gasteiger partial charge in [-0.1, -0.05) is 26.8 Å². The first-order valence-corrected chi connectivity index (χ1v) is 7.44. The van der Waals surface area contributed by atoms with Gasteiger partial charge in [0.2, 0.25) is 0 Å². The summed E-state index contributed by atoms with van der Waals surface area (Å²) in [6.07, 6.45) is 4.41. The second-order valence-electron chi connectivity index (χ2n) is 6.80. The van der Waals surface area contributed by atoms with Crippen LogP contribution in [0.25, 0.3) is 0 Å². The first kappa shape index (κ1) is 15.5. The van der Waals surface area contributed by atoms with Crippen molar-refractivity contribution in [3.63, 3.8) is 0 Å². The third-order valence-corrected chi connectivity index (χ3v) is 4.00. The molecule has 4 nitrogen and oxygen atoms in total. The van der Waals surface area contributed by atoms with Crippen LogP contribution in [0.1, 0.15) is 55.1 Å². The largest absolute Gasteiger partial charge is 0.480 e. The number of fused-ring (bicyclic) bond motifs is 1. The molecule has 0 spiro atoms. The molecule has 21 heavy (non-hydrogen) atoms. The number of carboxylic acids is 1. The maximum absolute atomic E-state index is 12.3. The molecule has 1 aliphatic carbocycles. The predicted octanol–water partition coefficient (Wildman–Crippen LogP) is 2.79. The van der Waals surface area contributed by atoms with Crippen LogP contribution in [-0.4, -0.2) is 23.0 Å². The van der Waals surface area contributed by atoms with E-state index in [1.54, 1.807) is 26.8 Å². The van der Waals surface area contributed by atoms with E-state index in [0.717, 1.165) is 19.3 Å². The Morgan fingerprint density at radius 3 is 2.33 bits per heavy atom. The minimum Gasteiger partial charge on any atom is -0.480 e. The summed E-state index contributed by atoms with van der Waals surface area (Å²) in [5.74, 6) is -1.32. The van der Waals surface area contributed by atoms with Crippen LogP contribution >= 0.6 is 0 Å². The van der Waals surface area contributed by atoms with E-state index in [9.17, 15) is 14.7 Å². The van der Waals surface area contributed by atoms with Crippen molar-refractivity contribution < 1.29 is 14.7 Å². The highest BCUT2D eigenvalue weighted by molar-refractivity contribution is 5.97. The summed E-state index contributed by atoms with van der Waals surface area (Å²) in [6, 6.07) is 4.80. The van der Waals surface area contributed by atoms with Crippen molar-refractivity contribution in [2.75, 3.05) is 0 Å². The second kappa shape index (κ2) is 5.88. The van der Waals surface area contributed by atoms with E-state index in [4.69, 9.17) is 0 Å². The molecule has 0 bridgehead atoms. The summed E-state index contributed by atoms with van der Waals surface area (Å²) in [4.78, 5) is 23.6. The van der Waals surface area contributed by atoms with Crippen LogP contribution in [0.2, 0.25) is 0 Å². The van der Waals surface area contributed by atoms with Gasteiger partial charge in [0.15, 0.2) is 0 Å². The minimum absolute atomic E-state index is 0.314. The Hall–Kier alpha value is -1.84. The molecule has 0 fully saturated rings. The van der Waals surface area contributed by atoms with Crippen molar-refractivity contribution in [2.45, 2.75) is 52.5 Å². The highest BCUT2D eigenvalue weighted by atomic mass is 16.4. The van der Waals surface area contributed by atoms with Crippen LogP contribution in [0.5, 0.6) is 0 Å². The highest BCUT2D eigenvalue weighted by Crippen LogP contribution is 2.23. The van der Waals surface area contributed by atoms with Gasteiger partial charge in [0.25, 0.3) is 5.91 Å². The lowest BCUT2D eigenvalue weighted by Crippen LogP contribution is -2.49. The van der Waals surface area contributed by atoms with Gasteiger partial charge in [-0.15, -0.1) is 0 Å². The first-order valence-electron chi connectivity index (χ1n) is 7.44. The number of nitrogens with one attached hydrogen (secondary N) is 1. The topological polar surface area (TPSA) is 66.4 Å². The maximum Gasteiger partial charge on any atom is 0.326 e. The molecule has 1 aromatic carbocycles. The van der Waals surface area contributed by atoms with Gasteiger partial charge in [0, 0.05) is 5.56 Å². The number of carbonyl (C=O) groups is 2. The van der Waals surface area contributed by atoms with Gasteiger partial charge in [0.05, 0.1) is 0 Å². The Morgan fingerprint density at radius 2 is 1.76 bits per heavy atom. The number of carboxylic acid groups (broad SMARTS) is 1. The third kappa shape index (κ3) is 3.63. The normalized spacial score (nSPS) is 16.0. The number of aliphatic carboxylic acids is 1. The summed E-state index contributed by atoms with van der Waals surface area (Å²) in [5, 5.41) is 11.9. The Bertz CT molecular complexity index is 558. The molecule has 0 aromatic heterocycles. The van der Waals surface area contributed by atoms with E-state index >= 15 is 0 Å². The molecule has 2 N–H and O–H groups in total. The monoisotopic (exact) mass is 289 g/mol. The number of hydrogen-bond acceptors (Lipinski definition) is 2. The molecule has 2 rings (SSSR count). The number of aryl methyl sites for hydroxylation is 2. The minimum atomic E-state index is -1.01. The lowest BCUT2D eigenvalue weighted by atomic mass is 9.86. The van der Waals surface area contributed by atoms with E-state index in [1.807, 2.05) is 12.1 Å². The molecule has 0 saturated heterocycles. The van der Waals surface area contributed by atoms with Gasteiger partial charge in [-0.2, -0.15) is 0 Å². The lowest BCUT2D eigenvalue weighted by Gasteiger charge is -2.28. The van der Waals surface area contributed by atoms with Gasteiger partial charge >= 0.3 is 5.97 Å². The Morgan fingerprint density at radius 1 is 1.14 bits per heavy atom. The first-order chi connectivity index (χ1) is 9.79. The molecule has 0 saturated carbocycles. The molecule has 114 valence electrons. The van der Waals surface area contributed by atoms with E-state index in [1.165, 1.54) is 17.5 Å². The van der Waals surface area contributed by atoms with Gasteiger partial charge in [-0.05, 0) is 54.4 Å². The van der Waals surface area contributed by atoms with Crippen LogP contribution in [0.15, 0.2) is 18.2 Å². The summed E-state index contributed by atoms with van der Waals surface area (Å²) in [6.45, 7) is 5.41. The summed E-state index contributed by atoms with van der Waals surface area (Å²) < 4.78 is 0. The van der Waals surface area contributed by atoms with Gasteiger partial charge in [-0.25, -0.2) is 4.79 Å². The molecule has 0 aliphatic heterocycles. The third-order valence-electron chi connectivity index (χ3n) is 4.00. The maximum atomic E-state index is 12.3. The van der Waals surface area contributed by atoms with Crippen LogP contribution in [0.4, 0.5) is 0 Å². The molecule has 1 aliphatic rings. The summed E-state index contributed by atoms with van der Waals surface area (Å²) in [5.41, 5.74) is 2.54. The van der Waals surface area contributed by atoms with Crippen LogP contribution < -0.4 is 5.32 Å². The Labute approximate surface area is 125 Å². The molecule has 0 radical (unpaired) electrons. The SMILES string of the molecule is CC(C)(C)C(NC(=O)c1ccc2c(c1)CCCC2)C(=O)O. The zero-order chi connectivity index (χ0) is 15.6. The zero-order valence-electron chi connectivity index (χ0n) is 12.9. The quantitative estimate of drug-likeness (QED) is 0.899. The fourth-order valence-corrected chi connectivity index (χ4v) is 2.74. The number of amides is 1. The zero-order valence-corrected chi connectivity index (χ0v) is 12.9. The number of benzene rings is 1. The molecule has 0 heterocycles. The van der Waals surface area contributed by atoms with Crippen LogP contribution in [0, 0.1) is 5.41 Å². The molecule has 1 unspecified atom stereocenters. The van der Waals surface area contributed by atoms with Gasteiger partial charge < -0.3 is 10.4 Å². The Kier molecular flexibility index (Phi) is 4.35. The van der Waals surface area contributed by atoms with Crippen molar-refractivity contribution in [3.05, 3.63) is 34.9 Å². The molecule has 1 aromatic rings. The fraction of sp³-hybridized carbons (Fsp3) is 0.529. The average Bonchev–Trinajstić information content (AvgIpc) is 2.42. The Balaban J connectivity index is 2.18. The van der Waals surface area contributed by atoms with Crippen molar-refractivity contribution in [3.8, 4) is 0 Å². The summed E-state index contributed by atoms with van der Waals surface area (Å²) >= 11 is 0. The van der Waals surface area contributed by atoms with Crippen molar-refractivity contribution in [1.29, 1.82) is 0 Å². The van der Waals surface area contributed by atoms with Gasteiger partial charge in [-0.3, -0.25) is 4.79 Å². The standard InChI is InChI=1S/C17H23NO3/c1-17(2,3)14(16(20)21)18-15(19)13-9-8-11-6-4-5-7-12(11)10-13/h8-10,14H,4-7H2,1-3H3,(H,18,19)(H,20,21). The highest BCUT2D eigenvalue weighted by Gasteiger charge is 2.32. The molecular weight excluding hydrogens is 266 g/mol. The number of hydrogen-bond donors (Lipinski definition) is 2. The van der Waals surface area contributed by atoms with E-state index in [-0.39, 0.29) is 5.91 Å². The molecule has 4 heteroatoms. The van der Waals surface area contributed by atoms with E-state index in [0.29, 0.717) is 5.56 Å². The average molecular weight is 289 g/mol. The number of carbonyl (C=O) groups excluding carboxylic acids is 1. The van der Waals surface area contributed by atoms with Crippen LogP contribution in [0.3, 0.4) is 0 Å².